The number of hydrogen-bond donors (Lipinski definition) is 0. The molecule has 0 amide bonds. The van der Waals surface area contributed by atoms with E-state index in [1.165, 1.54) is 64.9 Å². The number of allylic oxidation sites excluding steroid dienone is 5. The highest BCUT2D eigenvalue weighted by molar-refractivity contribution is 6.32. The minimum absolute atomic E-state index is 1.04. The van der Waals surface area contributed by atoms with Crippen molar-refractivity contribution in [2.45, 2.75) is 6.92 Å². The monoisotopic (exact) mass is 869 g/mol. The van der Waals surface area contributed by atoms with Crippen molar-refractivity contribution in [1.29, 1.82) is 0 Å². The molecule has 3 heteroatoms. The lowest BCUT2D eigenvalue weighted by Gasteiger charge is -2.31. The third kappa shape index (κ3) is 7.09. The van der Waals surface area contributed by atoms with Crippen LogP contribution in [-0.4, -0.2) is 4.57 Å². The van der Waals surface area contributed by atoms with Crippen LogP contribution in [0.4, 0.5) is 28.4 Å². The minimum atomic E-state index is 1.04. The summed E-state index contributed by atoms with van der Waals surface area (Å²) in [6, 6.07) is 84.2. The molecule has 0 aliphatic heterocycles. The molecule has 0 radical (unpaired) electrons. The van der Waals surface area contributed by atoms with E-state index in [0.29, 0.717) is 0 Å². The Morgan fingerprint density at radius 3 is 1.69 bits per heavy atom. The lowest BCUT2D eigenvalue weighted by atomic mass is 9.95. The molecule has 0 spiro atoms. The van der Waals surface area contributed by atoms with Crippen molar-refractivity contribution in [3.05, 3.63) is 267 Å². The summed E-state index contributed by atoms with van der Waals surface area (Å²) in [4.78, 5) is 4.78. The minimum Gasteiger partial charge on any atom is -0.314 e. The van der Waals surface area contributed by atoms with E-state index in [0.717, 1.165) is 50.9 Å². The van der Waals surface area contributed by atoms with E-state index in [-0.39, 0.29) is 0 Å². The van der Waals surface area contributed by atoms with Gasteiger partial charge in [0.1, 0.15) is 0 Å². The van der Waals surface area contributed by atoms with Gasteiger partial charge in [0.15, 0.2) is 0 Å². The van der Waals surface area contributed by atoms with E-state index >= 15 is 0 Å². The molecule has 11 aromatic carbocycles. The standard InChI is InChI=1S/C65H47N3/c1-3-4-7-20-45(2)66(54-36-33-46-21-12-14-23-48(46)39-54)56-41-51(42-57(44-56)67(52-25-8-5-9-26-52)55-37-34-47-22-13-15-24-49(47)40-55)50-35-38-63-62(43-50)64-60-31-18-16-29-58(60)59-30-17-19-32-61(59)65(64)68(63)53-27-10-6-11-28-53/h3-44H,1H2,2H3/b7-4-,45-20+. The molecule has 0 atom stereocenters. The molecular formula is C65H47N3. The number of nitrogens with zero attached hydrogens (tertiary/aromatic N) is 3. The van der Waals surface area contributed by atoms with Crippen LogP contribution in [0.2, 0.25) is 0 Å². The second-order valence-electron chi connectivity index (χ2n) is 17.5. The second-order valence-corrected chi connectivity index (χ2v) is 17.5. The lowest BCUT2D eigenvalue weighted by molar-refractivity contribution is 1.15. The van der Waals surface area contributed by atoms with E-state index in [9.17, 15) is 0 Å². The second kappa shape index (κ2) is 17.1. The topological polar surface area (TPSA) is 11.4 Å². The summed E-state index contributed by atoms with van der Waals surface area (Å²) in [5.41, 5.74) is 12.1. The van der Waals surface area contributed by atoms with Crippen LogP contribution in [0.25, 0.3) is 81.7 Å². The van der Waals surface area contributed by atoms with Crippen LogP contribution in [0, 0.1) is 0 Å². The highest BCUT2D eigenvalue weighted by Gasteiger charge is 2.23. The Labute approximate surface area is 396 Å². The molecule has 0 N–H and O–H groups in total. The van der Waals surface area contributed by atoms with E-state index in [4.69, 9.17) is 0 Å². The van der Waals surface area contributed by atoms with E-state index in [1.54, 1.807) is 0 Å². The highest BCUT2D eigenvalue weighted by atomic mass is 15.2. The van der Waals surface area contributed by atoms with Crippen LogP contribution >= 0.6 is 0 Å². The molecule has 12 rings (SSSR count). The van der Waals surface area contributed by atoms with Crippen molar-refractivity contribution >= 4 is 93.3 Å². The van der Waals surface area contributed by atoms with Gasteiger partial charge in [-0.25, -0.2) is 0 Å². The summed E-state index contributed by atoms with van der Waals surface area (Å²) >= 11 is 0. The van der Waals surface area contributed by atoms with Crippen LogP contribution in [0.1, 0.15) is 6.92 Å². The van der Waals surface area contributed by atoms with Gasteiger partial charge in [0.25, 0.3) is 0 Å². The summed E-state index contributed by atoms with van der Waals surface area (Å²) in [6.07, 6.45) is 8.04. The third-order valence-corrected chi connectivity index (χ3v) is 13.3. The first-order valence-corrected chi connectivity index (χ1v) is 23.3. The van der Waals surface area contributed by atoms with Gasteiger partial charge in [0.2, 0.25) is 0 Å². The van der Waals surface area contributed by atoms with Gasteiger partial charge in [-0.2, -0.15) is 0 Å². The maximum absolute atomic E-state index is 3.96. The van der Waals surface area contributed by atoms with Crippen LogP contribution in [-0.2, 0) is 0 Å². The number of rotatable bonds is 10. The summed E-state index contributed by atoms with van der Waals surface area (Å²) in [5, 5.41) is 12.2. The summed E-state index contributed by atoms with van der Waals surface area (Å²) in [7, 11) is 0. The Kier molecular flexibility index (Phi) is 10.2. The number of benzene rings is 11. The van der Waals surface area contributed by atoms with E-state index < -0.39 is 0 Å². The molecule has 322 valence electrons. The van der Waals surface area contributed by atoms with Crippen molar-refractivity contribution in [1.82, 2.24) is 4.57 Å². The van der Waals surface area contributed by atoms with Crippen LogP contribution in [0.3, 0.4) is 0 Å². The van der Waals surface area contributed by atoms with Crippen LogP contribution in [0.5, 0.6) is 0 Å². The third-order valence-electron chi connectivity index (χ3n) is 13.3. The average Bonchev–Trinajstić information content (AvgIpc) is 3.74. The Balaban J connectivity index is 1.17. The summed E-state index contributed by atoms with van der Waals surface area (Å²) in [5.74, 6) is 0. The van der Waals surface area contributed by atoms with Crippen molar-refractivity contribution in [3.63, 3.8) is 0 Å². The van der Waals surface area contributed by atoms with Crippen molar-refractivity contribution < 1.29 is 0 Å². The Morgan fingerprint density at radius 2 is 0.985 bits per heavy atom. The molecule has 0 saturated heterocycles. The zero-order valence-corrected chi connectivity index (χ0v) is 37.8. The van der Waals surface area contributed by atoms with Gasteiger partial charge in [-0.1, -0.05) is 176 Å². The maximum Gasteiger partial charge on any atom is 0.0625 e. The summed E-state index contributed by atoms with van der Waals surface area (Å²) in [6.45, 7) is 6.15. The largest absolute Gasteiger partial charge is 0.314 e. The smallest absolute Gasteiger partial charge is 0.0625 e. The molecular weight excluding hydrogens is 823 g/mol. The molecule has 0 aliphatic carbocycles. The Bertz CT molecular complexity index is 3950. The Hall–Kier alpha value is -8.92. The van der Waals surface area contributed by atoms with Crippen molar-refractivity contribution in [3.8, 4) is 16.8 Å². The maximum atomic E-state index is 3.96. The quantitative estimate of drug-likeness (QED) is 0.100. The van der Waals surface area contributed by atoms with Gasteiger partial charge in [0.05, 0.1) is 11.0 Å². The van der Waals surface area contributed by atoms with Crippen molar-refractivity contribution in [2.75, 3.05) is 9.80 Å². The first kappa shape index (κ1) is 40.6. The predicted octanol–water partition coefficient (Wildman–Crippen LogP) is 18.3. The normalized spacial score (nSPS) is 12.0. The van der Waals surface area contributed by atoms with Gasteiger partial charge in [-0.15, -0.1) is 0 Å². The van der Waals surface area contributed by atoms with E-state index in [2.05, 4.69) is 271 Å². The highest BCUT2D eigenvalue weighted by Crippen LogP contribution is 2.46. The van der Waals surface area contributed by atoms with Crippen LogP contribution in [0.15, 0.2) is 267 Å². The van der Waals surface area contributed by atoms with Crippen LogP contribution < -0.4 is 9.80 Å². The zero-order chi connectivity index (χ0) is 45.6. The number of anilines is 5. The molecule has 0 unspecified atom stereocenters. The molecule has 0 fully saturated rings. The van der Waals surface area contributed by atoms with Gasteiger partial charge < -0.3 is 14.4 Å². The van der Waals surface area contributed by atoms with Gasteiger partial charge >= 0.3 is 0 Å². The summed E-state index contributed by atoms with van der Waals surface area (Å²) < 4.78 is 2.47. The number of hydrogen-bond acceptors (Lipinski definition) is 2. The Morgan fingerprint density at radius 1 is 0.412 bits per heavy atom. The lowest BCUT2D eigenvalue weighted by Crippen LogP contribution is -2.16. The van der Waals surface area contributed by atoms with Gasteiger partial charge in [0, 0.05) is 56.0 Å². The number of aromatic nitrogens is 1. The molecule has 0 bridgehead atoms. The number of para-hydroxylation sites is 2. The molecule has 1 aromatic heterocycles. The van der Waals surface area contributed by atoms with Crippen molar-refractivity contribution in [2.24, 2.45) is 0 Å². The molecule has 1 heterocycles. The molecule has 12 aromatic rings. The SMILES string of the molecule is C=C/C=C\C=C(/C)N(c1cc(-c2ccc3c(c2)c2c4ccccc4c4ccccc4c2n3-c2ccccc2)cc(N(c2ccccc2)c2ccc3ccccc3c2)c1)c1ccc2ccccc2c1. The van der Waals surface area contributed by atoms with Gasteiger partial charge in [-0.3, -0.25) is 0 Å². The van der Waals surface area contributed by atoms with E-state index in [1.807, 2.05) is 12.2 Å². The number of fused-ring (bicyclic) bond motifs is 10. The fourth-order valence-electron chi connectivity index (χ4n) is 10.3. The fourth-order valence-corrected chi connectivity index (χ4v) is 10.3. The molecule has 0 aliphatic rings. The fraction of sp³-hybridized carbons (Fsp3) is 0.0154. The first-order chi connectivity index (χ1) is 33.6. The zero-order valence-electron chi connectivity index (χ0n) is 37.8. The molecule has 68 heavy (non-hydrogen) atoms. The van der Waals surface area contributed by atoms with Gasteiger partial charge in [-0.05, 0) is 141 Å². The molecule has 3 nitrogen and oxygen atoms in total. The predicted molar refractivity (Wildman–Crippen MR) is 293 cm³/mol. The first-order valence-electron chi connectivity index (χ1n) is 23.3. The molecule has 0 saturated carbocycles. The average molecular weight is 870 g/mol.